The van der Waals surface area contributed by atoms with Gasteiger partial charge in [-0.05, 0) is 60.7 Å². The van der Waals surface area contributed by atoms with Crippen LogP contribution in [-0.2, 0) is 27.5 Å². The minimum atomic E-state index is -0.902. The summed E-state index contributed by atoms with van der Waals surface area (Å²) in [6.45, 7) is 4.13. The standard InChI is InChI=1S/C32H39N3O7/c1-22(2)30(34-32(39)42-21-23-9-5-4-6-10-23)31(38)35(25-13-16-26(40-3)17-14-25)20-24-12-15-27(19-28(24)36)41-18-8-7-11-29(33)37/h4-6,9-10,12-17,19,22,30,36H,7-8,11,18,20-21H2,1-3H3,(H2,33,37)(H,34,39)/t30-/m0/s1. The highest BCUT2D eigenvalue weighted by atomic mass is 16.5. The Morgan fingerprint density at radius 2 is 1.64 bits per heavy atom. The number of carbonyl (C=O) groups excluding carboxylic acids is 3. The summed E-state index contributed by atoms with van der Waals surface area (Å²) < 4.78 is 16.3. The number of nitrogens with one attached hydrogen (secondary N) is 1. The third-order valence-electron chi connectivity index (χ3n) is 6.54. The monoisotopic (exact) mass is 577 g/mol. The number of nitrogens with two attached hydrogens (primary N) is 1. The van der Waals surface area contributed by atoms with Gasteiger partial charge in [-0.1, -0.05) is 44.2 Å². The van der Waals surface area contributed by atoms with Crippen molar-refractivity contribution < 1.29 is 33.7 Å². The topological polar surface area (TPSA) is 140 Å². The van der Waals surface area contributed by atoms with Crippen LogP contribution in [-0.4, -0.2) is 42.8 Å². The van der Waals surface area contributed by atoms with E-state index in [9.17, 15) is 19.5 Å². The number of methoxy groups -OCH3 is 1. The first-order chi connectivity index (χ1) is 20.2. The molecule has 3 rings (SSSR count). The van der Waals surface area contributed by atoms with Crippen molar-refractivity contribution in [2.24, 2.45) is 11.7 Å². The summed E-state index contributed by atoms with van der Waals surface area (Å²) in [6, 6.07) is 20.2. The van der Waals surface area contributed by atoms with Gasteiger partial charge in [-0.25, -0.2) is 4.79 Å². The molecule has 0 fully saturated rings. The quantitative estimate of drug-likeness (QED) is 0.218. The highest BCUT2D eigenvalue weighted by Crippen LogP contribution is 2.29. The summed E-state index contributed by atoms with van der Waals surface area (Å²) in [5.74, 6) is 0.0385. The molecule has 0 aliphatic heterocycles. The molecule has 0 aliphatic rings. The van der Waals surface area contributed by atoms with Crippen LogP contribution in [0.5, 0.6) is 17.2 Å². The van der Waals surface area contributed by atoms with Crippen molar-refractivity contribution in [1.29, 1.82) is 0 Å². The van der Waals surface area contributed by atoms with E-state index in [-0.39, 0.29) is 36.6 Å². The van der Waals surface area contributed by atoms with E-state index in [0.717, 1.165) is 5.56 Å². The van der Waals surface area contributed by atoms with Gasteiger partial charge in [-0.15, -0.1) is 0 Å². The Morgan fingerprint density at radius 1 is 0.952 bits per heavy atom. The summed E-state index contributed by atoms with van der Waals surface area (Å²) in [5.41, 5.74) is 7.02. The van der Waals surface area contributed by atoms with Gasteiger partial charge >= 0.3 is 6.09 Å². The average molecular weight is 578 g/mol. The molecular formula is C32H39N3O7. The number of carbonyl (C=O) groups is 3. The molecule has 0 unspecified atom stereocenters. The normalized spacial score (nSPS) is 11.4. The molecule has 0 aliphatic carbocycles. The van der Waals surface area contributed by atoms with Crippen LogP contribution in [0, 0.1) is 5.92 Å². The number of unbranched alkanes of at least 4 members (excludes halogenated alkanes) is 1. The highest BCUT2D eigenvalue weighted by Gasteiger charge is 2.31. The van der Waals surface area contributed by atoms with Crippen LogP contribution in [0.4, 0.5) is 10.5 Å². The lowest BCUT2D eigenvalue weighted by Gasteiger charge is -2.30. The Bertz CT molecular complexity index is 1310. The van der Waals surface area contributed by atoms with Crippen LogP contribution in [0.3, 0.4) is 0 Å². The third kappa shape index (κ3) is 9.72. The smallest absolute Gasteiger partial charge is 0.408 e. The molecule has 0 aromatic heterocycles. The zero-order valence-electron chi connectivity index (χ0n) is 24.2. The Kier molecular flexibility index (Phi) is 12.0. The highest BCUT2D eigenvalue weighted by molar-refractivity contribution is 5.99. The third-order valence-corrected chi connectivity index (χ3v) is 6.54. The Balaban J connectivity index is 1.76. The van der Waals surface area contributed by atoms with Crippen molar-refractivity contribution in [2.75, 3.05) is 18.6 Å². The first kappa shape index (κ1) is 31.8. The van der Waals surface area contributed by atoms with Gasteiger partial charge in [0.15, 0.2) is 0 Å². The van der Waals surface area contributed by atoms with Crippen molar-refractivity contribution in [3.8, 4) is 17.2 Å². The summed E-state index contributed by atoms with van der Waals surface area (Å²) in [7, 11) is 1.55. The molecule has 0 saturated heterocycles. The first-order valence-corrected chi connectivity index (χ1v) is 13.8. The molecule has 0 bridgehead atoms. The fourth-order valence-corrected chi connectivity index (χ4v) is 4.16. The number of aromatic hydroxyl groups is 1. The van der Waals surface area contributed by atoms with Crippen LogP contribution in [0.25, 0.3) is 0 Å². The molecule has 3 amide bonds. The van der Waals surface area contributed by atoms with E-state index in [1.807, 2.05) is 44.2 Å². The first-order valence-electron chi connectivity index (χ1n) is 13.8. The van der Waals surface area contributed by atoms with E-state index in [1.54, 1.807) is 43.5 Å². The number of phenols is 1. The Hall–Kier alpha value is -4.73. The van der Waals surface area contributed by atoms with E-state index in [0.29, 0.717) is 48.6 Å². The Labute approximate surface area is 246 Å². The molecule has 10 nitrogen and oxygen atoms in total. The molecular weight excluding hydrogens is 538 g/mol. The molecule has 0 saturated carbocycles. The van der Waals surface area contributed by atoms with Crippen molar-refractivity contribution in [3.63, 3.8) is 0 Å². The van der Waals surface area contributed by atoms with Crippen LogP contribution in [0.15, 0.2) is 72.8 Å². The predicted octanol–water partition coefficient (Wildman–Crippen LogP) is 4.92. The average Bonchev–Trinajstić information content (AvgIpc) is 2.98. The largest absolute Gasteiger partial charge is 0.507 e. The van der Waals surface area contributed by atoms with E-state index >= 15 is 0 Å². The lowest BCUT2D eigenvalue weighted by Crippen LogP contribution is -2.51. The molecule has 1 atom stereocenters. The van der Waals surface area contributed by atoms with Gasteiger partial charge in [0.1, 0.15) is 29.9 Å². The van der Waals surface area contributed by atoms with E-state index in [2.05, 4.69) is 5.32 Å². The van der Waals surface area contributed by atoms with Gasteiger partial charge in [0.2, 0.25) is 11.8 Å². The number of nitrogens with zero attached hydrogens (tertiary/aromatic N) is 1. The maximum atomic E-state index is 14.0. The number of phenolic OH excluding ortho intramolecular Hbond substituents is 1. The number of hydrogen-bond acceptors (Lipinski definition) is 7. The number of benzene rings is 3. The lowest BCUT2D eigenvalue weighted by molar-refractivity contribution is -0.121. The van der Waals surface area contributed by atoms with Crippen molar-refractivity contribution in [1.82, 2.24) is 5.32 Å². The zero-order chi connectivity index (χ0) is 30.5. The van der Waals surface area contributed by atoms with Crippen molar-refractivity contribution in [3.05, 3.63) is 83.9 Å². The second-order valence-corrected chi connectivity index (χ2v) is 10.1. The summed E-state index contributed by atoms with van der Waals surface area (Å²) in [5, 5.41) is 13.5. The molecule has 4 N–H and O–H groups in total. The molecule has 0 radical (unpaired) electrons. The summed E-state index contributed by atoms with van der Waals surface area (Å²) in [6.07, 6.45) is 0.840. The number of rotatable bonds is 15. The molecule has 224 valence electrons. The van der Waals surface area contributed by atoms with Gasteiger partial charge in [-0.2, -0.15) is 0 Å². The number of ether oxygens (including phenoxy) is 3. The number of hydrogen-bond donors (Lipinski definition) is 3. The molecule has 42 heavy (non-hydrogen) atoms. The number of alkyl carbamates (subject to hydrolysis) is 1. The van der Waals surface area contributed by atoms with E-state index in [4.69, 9.17) is 19.9 Å². The van der Waals surface area contributed by atoms with Gasteiger partial charge in [0, 0.05) is 23.7 Å². The summed E-state index contributed by atoms with van der Waals surface area (Å²) in [4.78, 5) is 39.0. The Morgan fingerprint density at radius 3 is 2.26 bits per heavy atom. The number of anilines is 1. The van der Waals surface area contributed by atoms with Crippen LogP contribution in [0.1, 0.15) is 44.2 Å². The molecule has 3 aromatic rings. The van der Waals surface area contributed by atoms with Gasteiger partial charge in [0.05, 0.1) is 20.3 Å². The SMILES string of the molecule is COc1ccc(N(Cc2ccc(OCCCCC(N)=O)cc2O)C(=O)[C@@H](NC(=O)OCc2ccccc2)C(C)C)cc1. The second-order valence-electron chi connectivity index (χ2n) is 10.1. The minimum Gasteiger partial charge on any atom is -0.507 e. The maximum absolute atomic E-state index is 14.0. The van der Waals surface area contributed by atoms with Crippen LogP contribution >= 0.6 is 0 Å². The van der Waals surface area contributed by atoms with Gasteiger partial charge in [-0.3, -0.25) is 9.59 Å². The summed E-state index contributed by atoms with van der Waals surface area (Å²) >= 11 is 0. The van der Waals surface area contributed by atoms with E-state index < -0.39 is 12.1 Å². The predicted molar refractivity (Wildman–Crippen MR) is 159 cm³/mol. The van der Waals surface area contributed by atoms with Gasteiger partial charge in [0.25, 0.3) is 0 Å². The van der Waals surface area contributed by atoms with Crippen LogP contribution < -0.4 is 25.4 Å². The number of amides is 3. The van der Waals surface area contributed by atoms with E-state index in [1.165, 1.54) is 11.0 Å². The number of primary amides is 1. The second kappa shape index (κ2) is 15.9. The fourth-order valence-electron chi connectivity index (χ4n) is 4.16. The van der Waals surface area contributed by atoms with Crippen LogP contribution in [0.2, 0.25) is 0 Å². The maximum Gasteiger partial charge on any atom is 0.408 e. The van der Waals surface area contributed by atoms with Crippen molar-refractivity contribution >= 4 is 23.6 Å². The molecule has 10 heteroatoms. The molecule has 0 heterocycles. The molecule has 0 spiro atoms. The zero-order valence-corrected chi connectivity index (χ0v) is 24.2. The van der Waals surface area contributed by atoms with Gasteiger partial charge < -0.3 is 35.3 Å². The van der Waals surface area contributed by atoms with Crippen molar-refractivity contribution in [2.45, 2.75) is 52.3 Å². The molecule has 3 aromatic carbocycles. The fraction of sp³-hybridized carbons (Fsp3) is 0.344. The minimum absolute atomic E-state index is 0.0276. The lowest BCUT2D eigenvalue weighted by atomic mass is 10.0.